The number of halogens is 2. The predicted octanol–water partition coefficient (Wildman–Crippen LogP) is 4.32. The third kappa shape index (κ3) is 2.03. The molecule has 1 nitrogen and oxygen atoms in total. The number of rotatable bonds is 1. The number of alkyl halides is 1. The summed E-state index contributed by atoms with van der Waals surface area (Å²) in [6, 6.07) is 11.1. The first kappa shape index (κ1) is 11.7. The lowest BCUT2D eigenvalue weighted by atomic mass is 9.97. The van der Waals surface area contributed by atoms with E-state index in [0.717, 1.165) is 34.2 Å². The first-order chi connectivity index (χ1) is 8.78. The molecule has 0 aromatic heterocycles. The average Bonchev–Trinajstić information content (AvgIpc) is 2.56. The molecule has 92 valence electrons. The number of fused-ring (bicyclic) bond motifs is 3. The Morgan fingerprint density at radius 3 is 2.78 bits per heavy atom. The van der Waals surface area contributed by atoms with Gasteiger partial charge in [-0.25, -0.2) is 4.39 Å². The molecule has 0 spiro atoms. The predicted molar refractivity (Wildman–Crippen MR) is 73.7 cm³/mol. The lowest BCUT2D eigenvalue weighted by Crippen LogP contribution is -1.99. The van der Waals surface area contributed by atoms with Crippen LogP contribution in [0.1, 0.15) is 11.1 Å². The molecule has 0 atom stereocenters. The molecule has 0 amide bonds. The van der Waals surface area contributed by atoms with Crippen molar-refractivity contribution in [2.75, 3.05) is 6.61 Å². The molecular formula is C15H12BrFO. The minimum atomic E-state index is -0.186. The van der Waals surface area contributed by atoms with E-state index in [9.17, 15) is 4.39 Å². The Kier molecular flexibility index (Phi) is 3.08. The Labute approximate surface area is 114 Å². The molecule has 2 aromatic carbocycles. The van der Waals surface area contributed by atoms with Crippen LogP contribution in [0, 0.1) is 5.82 Å². The molecule has 1 heterocycles. The summed E-state index contributed by atoms with van der Waals surface area (Å²) in [6.07, 6.45) is 0.741. The van der Waals surface area contributed by atoms with Crippen molar-refractivity contribution < 1.29 is 9.13 Å². The molecule has 0 fully saturated rings. The SMILES string of the molecule is Fc1ccc2c(c1)CCOc1cc(CBr)ccc1-2. The van der Waals surface area contributed by atoms with Gasteiger partial charge in [0, 0.05) is 17.3 Å². The van der Waals surface area contributed by atoms with Gasteiger partial charge in [-0.1, -0.05) is 34.1 Å². The van der Waals surface area contributed by atoms with Crippen molar-refractivity contribution in [3.8, 4) is 16.9 Å². The van der Waals surface area contributed by atoms with E-state index in [4.69, 9.17) is 4.74 Å². The van der Waals surface area contributed by atoms with Crippen LogP contribution >= 0.6 is 15.9 Å². The van der Waals surface area contributed by atoms with Crippen LogP contribution in [0.25, 0.3) is 11.1 Å². The summed E-state index contributed by atoms with van der Waals surface area (Å²) < 4.78 is 19.0. The van der Waals surface area contributed by atoms with E-state index in [-0.39, 0.29) is 5.82 Å². The zero-order chi connectivity index (χ0) is 12.5. The Morgan fingerprint density at radius 1 is 1.11 bits per heavy atom. The van der Waals surface area contributed by atoms with E-state index in [1.807, 2.05) is 18.2 Å². The molecule has 0 saturated heterocycles. The van der Waals surface area contributed by atoms with Crippen LogP contribution in [0.2, 0.25) is 0 Å². The zero-order valence-electron chi connectivity index (χ0n) is 9.75. The quantitative estimate of drug-likeness (QED) is 0.713. The summed E-state index contributed by atoms with van der Waals surface area (Å²) in [5, 5.41) is 0.805. The van der Waals surface area contributed by atoms with E-state index < -0.39 is 0 Å². The van der Waals surface area contributed by atoms with Gasteiger partial charge < -0.3 is 4.74 Å². The molecule has 0 saturated carbocycles. The van der Waals surface area contributed by atoms with Crippen molar-refractivity contribution in [1.82, 2.24) is 0 Å². The smallest absolute Gasteiger partial charge is 0.127 e. The second-order valence-electron chi connectivity index (χ2n) is 4.36. The minimum Gasteiger partial charge on any atom is -0.493 e. The van der Waals surface area contributed by atoms with E-state index >= 15 is 0 Å². The van der Waals surface area contributed by atoms with Gasteiger partial charge in [0.1, 0.15) is 11.6 Å². The van der Waals surface area contributed by atoms with Gasteiger partial charge in [0.15, 0.2) is 0 Å². The van der Waals surface area contributed by atoms with Crippen LogP contribution in [-0.4, -0.2) is 6.61 Å². The molecule has 0 radical (unpaired) electrons. The number of benzene rings is 2. The molecule has 3 heteroatoms. The van der Waals surface area contributed by atoms with E-state index in [2.05, 4.69) is 22.0 Å². The summed E-state index contributed by atoms with van der Waals surface area (Å²) in [7, 11) is 0. The van der Waals surface area contributed by atoms with Crippen LogP contribution in [0.3, 0.4) is 0 Å². The molecule has 0 aliphatic carbocycles. The van der Waals surface area contributed by atoms with Crippen LogP contribution < -0.4 is 4.74 Å². The highest BCUT2D eigenvalue weighted by atomic mass is 79.9. The summed E-state index contributed by atoms with van der Waals surface area (Å²) >= 11 is 3.44. The molecule has 18 heavy (non-hydrogen) atoms. The maximum Gasteiger partial charge on any atom is 0.127 e. The van der Waals surface area contributed by atoms with Crippen molar-refractivity contribution in [1.29, 1.82) is 0 Å². The lowest BCUT2D eigenvalue weighted by Gasteiger charge is -2.10. The Morgan fingerprint density at radius 2 is 1.94 bits per heavy atom. The van der Waals surface area contributed by atoms with Crippen LogP contribution in [0.4, 0.5) is 4.39 Å². The van der Waals surface area contributed by atoms with E-state index in [1.165, 1.54) is 11.6 Å². The number of hydrogen-bond acceptors (Lipinski definition) is 1. The van der Waals surface area contributed by atoms with Gasteiger partial charge >= 0.3 is 0 Å². The van der Waals surface area contributed by atoms with E-state index in [1.54, 1.807) is 6.07 Å². The van der Waals surface area contributed by atoms with Gasteiger partial charge in [0.25, 0.3) is 0 Å². The summed E-state index contributed by atoms with van der Waals surface area (Å²) in [6.45, 7) is 0.592. The first-order valence-corrected chi connectivity index (χ1v) is 7.00. The number of ether oxygens (including phenoxy) is 1. The molecule has 0 unspecified atom stereocenters. The van der Waals surface area contributed by atoms with Crippen molar-refractivity contribution in [3.63, 3.8) is 0 Å². The second kappa shape index (κ2) is 4.73. The van der Waals surface area contributed by atoms with Gasteiger partial charge in [0.05, 0.1) is 6.61 Å². The molecule has 1 aliphatic heterocycles. The highest BCUT2D eigenvalue weighted by Crippen LogP contribution is 2.36. The van der Waals surface area contributed by atoms with Crippen molar-refractivity contribution in [2.24, 2.45) is 0 Å². The molecule has 2 aromatic rings. The maximum absolute atomic E-state index is 13.3. The van der Waals surface area contributed by atoms with Crippen molar-refractivity contribution >= 4 is 15.9 Å². The summed E-state index contributed by atoms with van der Waals surface area (Å²) in [4.78, 5) is 0. The normalized spacial score (nSPS) is 13.2. The van der Waals surface area contributed by atoms with Crippen molar-refractivity contribution in [3.05, 3.63) is 53.3 Å². The molecule has 1 aliphatic rings. The van der Waals surface area contributed by atoms with Gasteiger partial charge in [0.2, 0.25) is 0 Å². The number of hydrogen-bond donors (Lipinski definition) is 0. The third-order valence-electron chi connectivity index (χ3n) is 3.19. The van der Waals surface area contributed by atoms with E-state index in [0.29, 0.717) is 6.61 Å². The van der Waals surface area contributed by atoms with Crippen LogP contribution in [0.15, 0.2) is 36.4 Å². The highest BCUT2D eigenvalue weighted by molar-refractivity contribution is 9.08. The van der Waals surface area contributed by atoms with Crippen molar-refractivity contribution in [2.45, 2.75) is 11.8 Å². The second-order valence-corrected chi connectivity index (χ2v) is 4.92. The topological polar surface area (TPSA) is 9.23 Å². The zero-order valence-corrected chi connectivity index (χ0v) is 11.3. The maximum atomic E-state index is 13.3. The van der Waals surface area contributed by atoms with Crippen LogP contribution in [0.5, 0.6) is 5.75 Å². The Balaban J connectivity index is 2.18. The van der Waals surface area contributed by atoms with Gasteiger partial charge in [-0.15, -0.1) is 0 Å². The molecule has 0 N–H and O–H groups in total. The third-order valence-corrected chi connectivity index (χ3v) is 3.83. The summed E-state index contributed by atoms with van der Waals surface area (Å²) in [5.74, 6) is 0.701. The average molecular weight is 307 g/mol. The summed E-state index contributed by atoms with van der Waals surface area (Å²) in [5.41, 5.74) is 4.32. The minimum absolute atomic E-state index is 0.186. The first-order valence-electron chi connectivity index (χ1n) is 5.88. The molecule has 3 rings (SSSR count). The standard InChI is InChI=1S/C15H12BrFO/c16-9-10-1-3-14-13-4-2-12(17)8-11(13)5-6-18-15(14)7-10/h1-4,7-8H,5-6,9H2. The van der Waals surface area contributed by atoms with Crippen LogP contribution in [-0.2, 0) is 11.8 Å². The fraction of sp³-hybridized carbons (Fsp3) is 0.200. The van der Waals surface area contributed by atoms with Gasteiger partial charge in [-0.05, 0) is 34.9 Å². The highest BCUT2D eigenvalue weighted by Gasteiger charge is 2.16. The fourth-order valence-corrected chi connectivity index (χ4v) is 2.64. The largest absolute Gasteiger partial charge is 0.493 e. The Hall–Kier alpha value is -1.35. The Bertz CT molecular complexity index is 595. The monoisotopic (exact) mass is 306 g/mol. The van der Waals surface area contributed by atoms with Gasteiger partial charge in [-0.2, -0.15) is 0 Å². The lowest BCUT2D eigenvalue weighted by molar-refractivity contribution is 0.326. The fourth-order valence-electron chi connectivity index (χ4n) is 2.29. The molecule has 0 bridgehead atoms. The van der Waals surface area contributed by atoms with Gasteiger partial charge in [-0.3, -0.25) is 0 Å². The molecular weight excluding hydrogens is 295 g/mol.